The summed E-state index contributed by atoms with van der Waals surface area (Å²) in [5, 5.41) is 3.05. The molecule has 2 atom stereocenters. The molecular formula is C28H29N3O4. The number of piperidine rings is 1. The summed E-state index contributed by atoms with van der Waals surface area (Å²) in [6, 6.07) is 18.9. The minimum Gasteiger partial charge on any atom is -0.468 e. The lowest BCUT2D eigenvalue weighted by molar-refractivity contribution is -0.125. The van der Waals surface area contributed by atoms with Crippen molar-refractivity contribution in [3.05, 3.63) is 95.4 Å². The molecule has 7 heteroatoms. The molecule has 0 saturated carbocycles. The largest absolute Gasteiger partial charge is 0.468 e. The number of imide groups is 1. The molecule has 1 unspecified atom stereocenters. The van der Waals surface area contributed by atoms with Gasteiger partial charge in [0.15, 0.2) is 0 Å². The first-order chi connectivity index (χ1) is 17.1. The Morgan fingerprint density at radius 1 is 0.857 bits per heavy atom. The summed E-state index contributed by atoms with van der Waals surface area (Å²) >= 11 is 0. The van der Waals surface area contributed by atoms with Crippen LogP contribution in [0.5, 0.6) is 0 Å². The van der Waals surface area contributed by atoms with E-state index in [4.69, 9.17) is 4.42 Å². The first kappa shape index (κ1) is 23.1. The van der Waals surface area contributed by atoms with Crippen molar-refractivity contribution >= 4 is 17.7 Å². The van der Waals surface area contributed by atoms with E-state index in [1.165, 1.54) is 6.42 Å². The van der Waals surface area contributed by atoms with E-state index in [2.05, 4.69) is 10.2 Å². The predicted molar refractivity (Wildman–Crippen MR) is 131 cm³/mol. The zero-order valence-corrected chi connectivity index (χ0v) is 19.6. The Morgan fingerprint density at radius 2 is 1.51 bits per heavy atom. The Morgan fingerprint density at radius 3 is 2.14 bits per heavy atom. The van der Waals surface area contributed by atoms with Crippen molar-refractivity contribution in [1.29, 1.82) is 0 Å². The third-order valence-corrected chi connectivity index (χ3v) is 6.88. The van der Waals surface area contributed by atoms with Crippen LogP contribution in [-0.2, 0) is 11.2 Å². The highest BCUT2D eigenvalue weighted by Crippen LogP contribution is 2.27. The number of amides is 3. The molecule has 2 aromatic carbocycles. The van der Waals surface area contributed by atoms with E-state index in [0.29, 0.717) is 17.7 Å². The zero-order chi connectivity index (χ0) is 24.2. The minimum atomic E-state index is -0.955. The van der Waals surface area contributed by atoms with Gasteiger partial charge in [0.25, 0.3) is 11.8 Å². The molecule has 1 aromatic heterocycles. The molecule has 3 heterocycles. The van der Waals surface area contributed by atoms with Gasteiger partial charge in [0.2, 0.25) is 5.91 Å². The first-order valence-electron chi connectivity index (χ1n) is 12.2. The van der Waals surface area contributed by atoms with Crippen LogP contribution in [0.1, 0.15) is 57.3 Å². The van der Waals surface area contributed by atoms with Crippen LogP contribution < -0.4 is 5.32 Å². The van der Waals surface area contributed by atoms with Crippen LogP contribution in [0.15, 0.2) is 77.4 Å². The summed E-state index contributed by atoms with van der Waals surface area (Å²) in [7, 11) is 0. The number of rotatable bonds is 8. The molecule has 0 bridgehead atoms. The average molecular weight is 472 g/mol. The maximum Gasteiger partial charge on any atom is 0.262 e. The lowest BCUT2D eigenvalue weighted by Crippen LogP contribution is -2.52. The van der Waals surface area contributed by atoms with Gasteiger partial charge in [-0.25, -0.2) is 0 Å². The normalized spacial score (nSPS) is 17.8. The van der Waals surface area contributed by atoms with E-state index in [-0.39, 0.29) is 18.4 Å². The van der Waals surface area contributed by atoms with Gasteiger partial charge in [-0.2, -0.15) is 0 Å². The average Bonchev–Trinajstić information content (AvgIpc) is 3.51. The molecule has 35 heavy (non-hydrogen) atoms. The van der Waals surface area contributed by atoms with Crippen molar-refractivity contribution in [3.63, 3.8) is 0 Å². The van der Waals surface area contributed by atoms with E-state index >= 15 is 0 Å². The van der Waals surface area contributed by atoms with Gasteiger partial charge >= 0.3 is 0 Å². The van der Waals surface area contributed by atoms with E-state index in [1.54, 1.807) is 30.5 Å². The SMILES string of the molecule is O=C(NCC(c1ccco1)N1CCCCC1)[C@H](Cc1ccccc1)N1C(=O)c2ccccc2C1=O. The van der Waals surface area contributed by atoms with Gasteiger partial charge in [0.05, 0.1) is 23.4 Å². The quantitative estimate of drug-likeness (QED) is 0.505. The van der Waals surface area contributed by atoms with E-state index in [0.717, 1.165) is 42.2 Å². The van der Waals surface area contributed by atoms with Gasteiger partial charge in [0, 0.05) is 13.0 Å². The molecule has 7 nitrogen and oxygen atoms in total. The van der Waals surface area contributed by atoms with Gasteiger partial charge < -0.3 is 9.73 Å². The molecule has 2 aliphatic heterocycles. The molecule has 0 spiro atoms. The topological polar surface area (TPSA) is 82.9 Å². The van der Waals surface area contributed by atoms with Crippen LogP contribution >= 0.6 is 0 Å². The summed E-state index contributed by atoms with van der Waals surface area (Å²) in [5.41, 5.74) is 1.55. The van der Waals surface area contributed by atoms with Crippen LogP contribution in [-0.4, -0.2) is 53.2 Å². The molecular weight excluding hydrogens is 442 g/mol. The fraction of sp³-hybridized carbons (Fsp3) is 0.321. The predicted octanol–water partition coefficient (Wildman–Crippen LogP) is 3.83. The maximum absolute atomic E-state index is 13.6. The van der Waals surface area contributed by atoms with Crippen LogP contribution in [0.2, 0.25) is 0 Å². The molecule has 180 valence electrons. The summed E-state index contributed by atoms with van der Waals surface area (Å²) < 4.78 is 5.70. The third-order valence-electron chi connectivity index (χ3n) is 6.88. The molecule has 1 saturated heterocycles. The first-order valence-corrected chi connectivity index (χ1v) is 12.2. The van der Waals surface area contributed by atoms with E-state index in [9.17, 15) is 14.4 Å². The standard InChI is InChI=1S/C28H29N3O4/c32-26(29-19-24(25-14-9-17-35-25)30-15-7-2-8-16-30)23(18-20-10-3-1-4-11-20)31-27(33)21-12-5-6-13-22(21)28(31)34/h1,3-6,9-14,17,23-24H,2,7-8,15-16,18-19H2,(H,29,32)/t23-,24?/m0/s1. The van der Waals surface area contributed by atoms with E-state index < -0.39 is 17.9 Å². The fourth-order valence-electron chi connectivity index (χ4n) is 5.07. The second-order valence-electron chi connectivity index (χ2n) is 9.10. The Hall–Kier alpha value is -3.71. The fourth-order valence-corrected chi connectivity index (χ4v) is 5.07. The smallest absolute Gasteiger partial charge is 0.262 e. The van der Waals surface area contributed by atoms with Crippen molar-refractivity contribution in [1.82, 2.24) is 15.1 Å². The molecule has 2 aliphatic rings. The number of hydrogen-bond donors (Lipinski definition) is 1. The zero-order valence-electron chi connectivity index (χ0n) is 19.6. The number of hydrogen-bond acceptors (Lipinski definition) is 5. The van der Waals surface area contributed by atoms with Crippen molar-refractivity contribution < 1.29 is 18.8 Å². The number of nitrogens with zero attached hydrogens (tertiary/aromatic N) is 2. The molecule has 5 rings (SSSR count). The van der Waals surface area contributed by atoms with Gasteiger partial charge in [-0.1, -0.05) is 48.9 Å². The molecule has 3 amide bonds. The third kappa shape index (κ3) is 4.77. The number of nitrogens with one attached hydrogen (secondary N) is 1. The number of carbonyl (C=O) groups is 3. The van der Waals surface area contributed by atoms with Gasteiger partial charge in [-0.15, -0.1) is 0 Å². The van der Waals surface area contributed by atoms with Gasteiger partial charge in [-0.05, 0) is 55.8 Å². The highest BCUT2D eigenvalue weighted by molar-refractivity contribution is 6.22. The Kier molecular flexibility index (Phi) is 6.77. The summed E-state index contributed by atoms with van der Waals surface area (Å²) in [4.78, 5) is 43.5. The second kappa shape index (κ2) is 10.3. The Bertz CT molecular complexity index is 1150. The maximum atomic E-state index is 13.6. The summed E-state index contributed by atoms with van der Waals surface area (Å²) in [6.07, 6.45) is 5.30. The Balaban J connectivity index is 1.39. The highest BCUT2D eigenvalue weighted by atomic mass is 16.3. The van der Waals surface area contributed by atoms with Crippen molar-refractivity contribution in [2.24, 2.45) is 0 Å². The van der Waals surface area contributed by atoms with Crippen molar-refractivity contribution in [2.75, 3.05) is 19.6 Å². The van der Waals surface area contributed by atoms with Gasteiger partial charge in [-0.3, -0.25) is 24.2 Å². The highest BCUT2D eigenvalue weighted by Gasteiger charge is 2.42. The van der Waals surface area contributed by atoms with Crippen LogP contribution in [0, 0.1) is 0 Å². The Labute approximate surface area is 204 Å². The minimum absolute atomic E-state index is 0.103. The lowest BCUT2D eigenvalue weighted by atomic mass is 10.0. The summed E-state index contributed by atoms with van der Waals surface area (Å²) in [5.74, 6) is -0.412. The number of furan rings is 1. The molecule has 0 aliphatic carbocycles. The van der Waals surface area contributed by atoms with E-state index in [1.807, 2.05) is 42.5 Å². The molecule has 0 radical (unpaired) electrons. The molecule has 1 N–H and O–H groups in total. The lowest BCUT2D eigenvalue weighted by Gasteiger charge is -2.34. The van der Waals surface area contributed by atoms with Gasteiger partial charge in [0.1, 0.15) is 11.8 Å². The number of benzene rings is 2. The van der Waals surface area contributed by atoms with Crippen LogP contribution in [0.4, 0.5) is 0 Å². The number of fused-ring (bicyclic) bond motifs is 1. The number of likely N-dealkylation sites (tertiary alicyclic amines) is 1. The molecule has 3 aromatic rings. The summed E-state index contributed by atoms with van der Waals surface area (Å²) in [6.45, 7) is 2.21. The van der Waals surface area contributed by atoms with Crippen molar-refractivity contribution in [2.45, 2.75) is 37.8 Å². The van der Waals surface area contributed by atoms with Crippen LogP contribution in [0.3, 0.4) is 0 Å². The van der Waals surface area contributed by atoms with Crippen molar-refractivity contribution in [3.8, 4) is 0 Å². The monoisotopic (exact) mass is 471 g/mol. The molecule has 1 fully saturated rings. The van der Waals surface area contributed by atoms with Crippen LogP contribution in [0.25, 0.3) is 0 Å². The number of carbonyl (C=O) groups excluding carboxylic acids is 3. The second-order valence-corrected chi connectivity index (χ2v) is 9.10.